The molecule has 0 spiro atoms. The molecule has 0 amide bonds. The average molecular weight is 249 g/mol. The molecular weight excluding hydrogens is 222 g/mol. The lowest BCUT2D eigenvalue weighted by molar-refractivity contribution is 0.116. The number of hydrogen-bond acceptors (Lipinski definition) is 2. The highest BCUT2D eigenvalue weighted by Gasteiger charge is 2.06. The second-order valence-electron chi connectivity index (χ2n) is 5.78. The first-order chi connectivity index (χ1) is 8.58. The van der Waals surface area contributed by atoms with Gasteiger partial charge in [0.05, 0.1) is 6.61 Å². The molecule has 1 N–H and O–H groups in total. The van der Waals surface area contributed by atoms with E-state index in [9.17, 15) is 0 Å². The summed E-state index contributed by atoms with van der Waals surface area (Å²) >= 11 is 0. The Hall–Kier alpha value is -0.860. The maximum atomic E-state index is 5.65. The van der Waals surface area contributed by atoms with Crippen molar-refractivity contribution in [3.8, 4) is 0 Å². The molecule has 1 aromatic rings. The van der Waals surface area contributed by atoms with Crippen molar-refractivity contribution in [2.45, 2.75) is 52.2 Å². The SMILES string of the molecule is CC(C)(C)NCCCCCOCc1ccccc1. The second-order valence-corrected chi connectivity index (χ2v) is 5.78. The fraction of sp³-hybridized carbons (Fsp3) is 0.625. The zero-order chi connectivity index (χ0) is 13.3. The van der Waals surface area contributed by atoms with E-state index in [1.54, 1.807) is 0 Å². The van der Waals surface area contributed by atoms with Gasteiger partial charge in [-0.05, 0) is 52.1 Å². The van der Waals surface area contributed by atoms with Gasteiger partial charge in [-0.3, -0.25) is 0 Å². The zero-order valence-electron chi connectivity index (χ0n) is 12.0. The third-order valence-electron chi connectivity index (χ3n) is 2.73. The highest BCUT2D eigenvalue weighted by Crippen LogP contribution is 2.03. The Kier molecular flexibility index (Phi) is 6.99. The Balaban J connectivity index is 1.90. The monoisotopic (exact) mass is 249 g/mol. The van der Waals surface area contributed by atoms with E-state index in [4.69, 9.17) is 4.74 Å². The van der Waals surface area contributed by atoms with E-state index < -0.39 is 0 Å². The summed E-state index contributed by atoms with van der Waals surface area (Å²) in [5.41, 5.74) is 1.50. The van der Waals surface area contributed by atoms with Gasteiger partial charge < -0.3 is 10.1 Å². The predicted octanol–water partition coefficient (Wildman–Crippen LogP) is 3.76. The van der Waals surface area contributed by atoms with Gasteiger partial charge in [-0.25, -0.2) is 0 Å². The third-order valence-corrected chi connectivity index (χ3v) is 2.73. The molecule has 0 aliphatic carbocycles. The largest absolute Gasteiger partial charge is 0.377 e. The summed E-state index contributed by atoms with van der Waals surface area (Å²) in [6.07, 6.45) is 3.61. The van der Waals surface area contributed by atoms with Crippen LogP contribution in [-0.4, -0.2) is 18.7 Å². The van der Waals surface area contributed by atoms with E-state index >= 15 is 0 Å². The molecule has 0 saturated heterocycles. The van der Waals surface area contributed by atoms with Crippen LogP contribution in [-0.2, 0) is 11.3 Å². The molecular formula is C16H27NO. The Morgan fingerprint density at radius 1 is 1.00 bits per heavy atom. The van der Waals surface area contributed by atoms with Crippen molar-refractivity contribution in [2.24, 2.45) is 0 Å². The van der Waals surface area contributed by atoms with Crippen molar-refractivity contribution in [1.82, 2.24) is 5.32 Å². The van der Waals surface area contributed by atoms with Gasteiger partial charge in [0.15, 0.2) is 0 Å². The van der Waals surface area contributed by atoms with E-state index in [0.717, 1.165) is 26.2 Å². The lowest BCUT2D eigenvalue weighted by Gasteiger charge is -2.20. The summed E-state index contributed by atoms with van der Waals surface area (Å²) in [7, 11) is 0. The normalized spacial score (nSPS) is 11.7. The van der Waals surface area contributed by atoms with Crippen molar-refractivity contribution in [1.29, 1.82) is 0 Å². The maximum absolute atomic E-state index is 5.65. The van der Waals surface area contributed by atoms with Gasteiger partial charge in [0.1, 0.15) is 0 Å². The van der Waals surface area contributed by atoms with Crippen LogP contribution in [0.3, 0.4) is 0 Å². The highest BCUT2D eigenvalue weighted by atomic mass is 16.5. The van der Waals surface area contributed by atoms with Crippen LogP contribution >= 0.6 is 0 Å². The first kappa shape index (κ1) is 15.2. The molecule has 1 aromatic carbocycles. The van der Waals surface area contributed by atoms with E-state index in [0.29, 0.717) is 0 Å². The minimum absolute atomic E-state index is 0.240. The van der Waals surface area contributed by atoms with Crippen LogP contribution in [0.4, 0.5) is 0 Å². The van der Waals surface area contributed by atoms with Crippen LogP contribution in [0.15, 0.2) is 30.3 Å². The lowest BCUT2D eigenvalue weighted by atomic mass is 10.1. The van der Waals surface area contributed by atoms with Gasteiger partial charge in [-0.15, -0.1) is 0 Å². The Morgan fingerprint density at radius 2 is 1.72 bits per heavy atom. The standard InChI is InChI=1S/C16H27NO/c1-16(2,3)17-12-8-5-9-13-18-14-15-10-6-4-7-11-15/h4,6-7,10-11,17H,5,8-9,12-14H2,1-3H3. The molecule has 0 fully saturated rings. The Bertz CT molecular complexity index is 303. The van der Waals surface area contributed by atoms with Gasteiger partial charge >= 0.3 is 0 Å². The quantitative estimate of drug-likeness (QED) is 0.708. The fourth-order valence-corrected chi connectivity index (χ4v) is 1.73. The van der Waals surface area contributed by atoms with Crippen LogP contribution in [0.2, 0.25) is 0 Å². The maximum Gasteiger partial charge on any atom is 0.0716 e. The number of nitrogens with one attached hydrogen (secondary N) is 1. The Morgan fingerprint density at radius 3 is 2.39 bits per heavy atom. The smallest absolute Gasteiger partial charge is 0.0716 e. The molecule has 0 bridgehead atoms. The number of benzene rings is 1. The molecule has 0 aromatic heterocycles. The summed E-state index contributed by atoms with van der Waals surface area (Å²) in [5.74, 6) is 0. The van der Waals surface area contributed by atoms with Crippen LogP contribution in [0.1, 0.15) is 45.6 Å². The van der Waals surface area contributed by atoms with Gasteiger partial charge in [-0.1, -0.05) is 30.3 Å². The molecule has 2 nitrogen and oxygen atoms in total. The molecule has 1 rings (SSSR count). The summed E-state index contributed by atoms with van der Waals surface area (Å²) < 4.78 is 5.65. The van der Waals surface area contributed by atoms with Crippen molar-refractivity contribution >= 4 is 0 Å². The Labute approximate surface area is 112 Å². The molecule has 0 saturated carbocycles. The lowest BCUT2D eigenvalue weighted by Crippen LogP contribution is -2.36. The number of ether oxygens (including phenoxy) is 1. The van der Waals surface area contributed by atoms with Crippen molar-refractivity contribution in [3.05, 3.63) is 35.9 Å². The van der Waals surface area contributed by atoms with Gasteiger partial charge in [0.25, 0.3) is 0 Å². The van der Waals surface area contributed by atoms with Gasteiger partial charge in [-0.2, -0.15) is 0 Å². The summed E-state index contributed by atoms with van der Waals surface area (Å²) in [6, 6.07) is 10.3. The molecule has 18 heavy (non-hydrogen) atoms. The molecule has 0 aliphatic rings. The van der Waals surface area contributed by atoms with E-state index in [1.807, 2.05) is 6.07 Å². The molecule has 102 valence electrons. The van der Waals surface area contributed by atoms with E-state index in [1.165, 1.54) is 18.4 Å². The van der Waals surface area contributed by atoms with Crippen molar-refractivity contribution in [2.75, 3.05) is 13.2 Å². The summed E-state index contributed by atoms with van der Waals surface area (Å²) in [6.45, 7) is 9.32. The summed E-state index contributed by atoms with van der Waals surface area (Å²) in [4.78, 5) is 0. The molecule has 0 heterocycles. The molecule has 2 heteroatoms. The molecule has 0 atom stereocenters. The first-order valence-corrected chi connectivity index (χ1v) is 6.95. The number of hydrogen-bond donors (Lipinski definition) is 1. The van der Waals surface area contributed by atoms with Crippen LogP contribution in [0, 0.1) is 0 Å². The third kappa shape index (κ3) is 8.26. The topological polar surface area (TPSA) is 21.3 Å². The fourth-order valence-electron chi connectivity index (χ4n) is 1.73. The highest BCUT2D eigenvalue weighted by molar-refractivity contribution is 5.13. The second kappa shape index (κ2) is 8.28. The van der Waals surface area contributed by atoms with Gasteiger partial charge in [0.2, 0.25) is 0 Å². The van der Waals surface area contributed by atoms with E-state index in [2.05, 4.69) is 50.4 Å². The number of rotatable bonds is 8. The van der Waals surface area contributed by atoms with Crippen LogP contribution < -0.4 is 5.32 Å². The zero-order valence-corrected chi connectivity index (χ0v) is 12.0. The van der Waals surface area contributed by atoms with E-state index in [-0.39, 0.29) is 5.54 Å². The molecule has 0 aliphatic heterocycles. The van der Waals surface area contributed by atoms with Crippen molar-refractivity contribution < 1.29 is 4.74 Å². The van der Waals surface area contributed by atoms with Gasteiger partial charge in [0, 0.05) is 12.1 Å². The number of unbranched alkanes of at least 4 members (excludes halogenated alkanes) is 2. The average Bonchev–Trinajstić information content (AvgIpc) is 2.32. The molecule has 0 radical (unpaired) electrons. The van der Waals surface area contributed by atoms with Crippen LogP contribution in [0.5, 0.6) is 0 Å². The predicted molar refractivity (Wildman–Crippen MR) is 77.7 cm³/mol. The minimum atomic E-state index is 0.240. The minimum Gasteiger partial charge on any atom is -0.377 e. The molecule has 0 unspecified atom stereocenters. The van der Waals surface area contributed by atoms with Crippen LogP contribution in [0.25, 0.3) is 0 Å². The first-order valence-electron chi connectivity index (χ1n) is 6.95. The summed E-state index contributed by atoms with van der Waals surface area (Å²) in [5, 5.41) is 3.50. The van der Waals surface area contributed by atoms with Crippen molar-refractivity contribution in [3.63, 3.8) is 0 Å².